The summed E-state index contributed by atoms with van der Waals surface area (Å²) in [6.07, 6.45) is -4.48. The normalized spacial score (nSPS) is 11.4. The molecule has 27 heavy (non-hydrogen) atoms. The minimum Gasteiger partial charge on any atom is -0.323 e. The number of nitrogens with zero attached hydrogens (tertiary/aromatic N) is 4. The quantitative estimate of drug-likeness (QED) is 0.689. The number of halogens is 5. The van der Waals surface area contributed by atoms with Gasteiger partial charge in [0, 0.05) is 10.6 Å². The highest BCUT2D eigenvalue weighted by Crippen LogP contribution is 2.31. The van der Waals surface area contributed by atoms with Gasteiger partial charge in [-0.05, 0) is 35.5 Å². The summed E-state index contributed by atoms with van der Waals surface area (Å²) in [4.78, 5) is 13.0. The molecule has 3 rings (SSSR count). The fourth-order valence-electron chi connectivity index (χ4n) is 2.17. The van der Waals surface area contributed by atoms with E-state index in [2.05, 4.69) is 20.7 Å². The van der Waals surface area contributed by atoms with Crippen molar-refractivity contribution in [3.8, 4) is 11.4 Å². The summed E-state index contributed by atoms with van der Waals surface area (Å²) in [5.41, 5.74) is -0.340. The van der Waals surface area contributed by atoms with E-state index in [0.29, 0.717) is 10.7 Å². The van der Waals surface area contributed by atoms with Crippen LogP contribution >= 0.6 is 23.2 Å². The molecule has 0 fully saturated rings. The van der Waals surface area contributed by atoms with Crippen molar-refractivity contribution in [2.75, 3.05) is 5.32 Å². The monoisotopic (exact) mass is 415 g/mol. The number of benzene rings is 2. The lowest BCUT2D eigenvalue weighted by Gasteiger charge is -2.07. The molecule has 0 aliphatic heterocycles. The summed E-state index contributed by atoms with van der Waals surface area (Å²) in [6, 6.07) is 9.08. The van der Waals surface area contributed by atoms with E-state index in [1.54, 1.807) is 6.07 Å². The maximum absolute atomic E-state index is 12.8. The molecule has 1 N–H and O–H groups in total. The Hall–Kier alpha value is -2.65. The second-order valence-corrected chi connectivity index (χ2v) is 6.24. The first-order chi connectivity index (χ1) is 12.7. The van der Waals surface area contributed by atoms with E-state index >= 15 is 0 Å². The molecule has 0 saturated heterocycles. The van der Waals surface area contributed by atoms with Crippen molar-refractivity contribution < 1.29 is 18.0 Å². The molecule has 0 atom stereocenters. The van der Waals surface area contributed by atoms with E-state index in [0.717, 1.165) is 16.9 Å². The number of nitrogens with one attached hydrogen (secondary N) is 1. The molecule has 0 bridgehead atoms. The van der Waals surface area contributed by atoms with Gasteiger partial charge in [-0.2, -0.15) is 18.0 Å². The average molecular weight is 416 g/mol. The van der Waals surface area contributed by atoms with Crippen molar-refractivity contribution >= 4 is 34.8 Å². The van der Waals surface area contributed by atoms with Gasteiger partial charge in [-0.15, -0.1) is 10.2 Å². The van der Waals surface area contributed by atoms with Gasteiger partial charge in [-0.25, -0.2) is 0 Å². The molecule has 0 spiro atoms. The molecule has 2 aromatic carbocycles. The standard InChI is InChI=1S/C16H10Cl2F3N5O/c17-11-4-5-13(12(18)7-11)22-14(27)8-26-24-15(23-25-26)9-2-1-3-10(6-9)16(19,20)21/h1-7H,8H2,(H,22,27). The zero-order valence-corrected chi connectivity index (χ0v) is 14.8. The average Bonchev–Trinajstić information content (AvgIpc) is 3.05. The van der Waals surface area contributed by atoms with E-state index in [1.807, 2.05) is 0 Å². The van der Waals surface area contributed by atoms with Crippen LogP contribution < -0.4 is 5.32 Å². The first kappa shape index (κ1) is 19.1. The van der Waals surface area contributed by atoms with Crippen molar-refractivity contribution in [2.45, 2.75) is 12.7 Å². The van der Waals surface area contributed by atoms with Crippen molar-refractivity contribution in [1.29, 1.82) is 0 Å². The Balaban J connectivity index is 1.72. The third-order valence-electron chi connectivity index (χ3n) is 3.39. The fourth-order valence-corrected chi connectivity index (χ4v) is 2.63. The first-order valence-corrected chi connectivity index (χ1v) is 8.18. The van der Waals surface area contributed by atoms with Crippen LogP contribution in [0, 0.1) is 0 Å². The maximum Gasteiger partial charge on any atom is 0.416 e. The van der Waals surface area contributed by atoms with E-state index in [1.165, 1.54) is 24.3 Å². The number of tetrazole rings is 1. The highest BCUT2D eigenvalue weighted by molar-refractivity contribution is 6.36. The van der Waals surface area contributed by atoms with Gasteiger partial charge in [0.05, 0.1) is 16.3 Å². The van der Waals surface area contributed by atoms with Crippen LogP contribution in [0.15, 0.2) is 42.5 Å². The van der Waals surface area contributed by atoms with Crippen LogP contribution in [0.2, 0.25) is 10.0 Å². The van der Waals surface area contributed by atoms with Crippen LogP contribution in [0.1, 0.15) is 5.56 Å². The Bertz CT molecular complexity index is 990. The number of aromatic nitrogens is 4. The van der Waals surface area contributed by atoms with Crippen molar-refractivity contribution in [1.82, 2.24) is 20.2 Å². The van der Waals surface area contributed by atoms with Crippen molar-refractivity contribution in [3.63, 3.8) is 0 Å². The smallest absolute Gasteiger partial charge is 0.323 e. The molecule has 0 aliphatic carbocycles. The predicted molar refractivity (Wildman–Crippen MR) is 93.3 cm³/mol. The second-order valence-electron chi connectivity index (χ2n) is 5.39. The van der Waals surface area contributed by atoms with Gasteiger partial charge in [-0.1, -0.05) is 35.3 Å². The third kappa shape index (κ3) is 4.75. The topological polar surface area (TPSA) is 72.7 Å². The van der Waals surface area contributed by atoms with Crippen LogP contribution in [0.3, 0.4) is 0 Å². The molecule has 0 saturated carbocycles. The molecule has 0 unspecified atom stereocenters. The van der Waals surface area contributed by atoms with Gasteiger partial charge in [0.2, 0.25) is 11.7 Å². The van der Waals surface area contributed by atoms with Crippen molar-refractivity contribution in [2.24, 2.45) is 0 Å². The lowest BCUT2D eigenvalue weighted by Crippen LogP contribution is -2.20. The molecular formula is C16H10Cl2F3N5O. The Kier molecular flexibility index (Phi) is 5.33. The molecule has 140 valence electrons. The Morgan fingerprint density at radius 3 is 2.63 bits per heavy atom. The number of rotatable bonds is 4. The summed E-state index contributed by atoms with van der Waals surface area (Å²) in [6.45, 7) is -0.301. The molecule has 1 aromatic heterocycles. The van der Waals surface area contributed by atoms with E-state index < -0.39 is 17.6 Å². The highest BCUT2D eigenvalue weighted by atomic mass is 35.5. The molecule has 11 heteroatoms. The van der Waals surface area contributed by atoms with Crippen LogP contribution in [0.5, 0.6) is 0 Å². The zero-order valence-electron chi connectivity index (χ0n) is 13.3. The van der Waals surface area contributed by atoms with Gasteiger partial charge >= 0.3 is 6.18 Å². The summed E-state index contributed by atoms with van der Waals surface area (Å²) in [5, 5.41) is 14.5. The summed E-state index contributed by atoms with van der Waals surface area (Å²) >= 11 is 11.8. The number of amides is 1. The summed E-state index contributed by atoms with van der Waals surface area (Å²) < 4.78 is 38.4. The lowest BCUT2D eigenvalue weighted by atomic mass is 10.1. The molecule has 6 nitrogen and oxygen atoms in total. The third-order valence-corrected chi connectivity index (χ3v) is 3.94. The van der Waals surface area contributed by atoms with E-state index in [-0.39, 0.29) is 23.0 Å². The Morgan fingerprint density at radius 1 is 1.15 bits per heavy atom. The number of hydrogen-bond acceptors (Lipinski definition) is 4. The maximum atomic E-state index is 12.8. The van der Waals surface area contributed by atoms with E-state index in [9.17, 15) is 18.0 Å². The summed E-state index contributed by atoms with van der Waals surface area (Å²) in [5.74, 6) is -0.523. The number of carbonyl (C=O) groups is 1. The number of hydrogen-bond donors (Lipinski definition) is 1. The molecule has 0 aliphatic rings. The first-order valence-electron chi connectivity index (χ1n) is 7.43. The van der Waals surface area contributed by atoms with Gasteiger partial charge < -0.3 is 5.32 Å². The number of anilines is 1. The fraction of sp³-hybridized carbons (Fsp3) is 0.125. The van der Waals surface area contributed by atoms with Crippen LogP contribution in [0.4, 0.5) is 18.9 Å². The number of carbonyl (C=O) groups excluding carboxylic acids is 1. The molecule has 1 heterocycles. The lowest BCUT2D eigenvalue weighted by molar-refractivity contribution is -0.137. The Morgan fingerprint density at radius 2 is 1.93 bits per heavy atom. The van der Waals surface area contributed by atoms with Crippen LogP contribution in [-0.2, 0) is 17.5 Å². The van der Waals surface area contributed by atoms with Crippen LogP contribution in [0.25, 0.3) is 11.4 Å². The van der Waals surface area contributed by atoms with Gasteiger partial charge in [0.25, 0.3) is 0 Å². The van der Waals surface area contributed by atoms with Crippen molar-refractivity contribution in [3.05, 3.63) is 58.1 Å². The van der Waals surface area contributed by atoms with Gasteiger partial charge in [-0.3, -0.25) is 4.79 Å². The Labute approximate surface area is 160 Å². The molecular weight excluding hydrogens is 406 g/mol. The van der Waals surface area contributed by atoms with Crippen LogP contribution in [-0.4, -0.2) is 26.1 Å². The summed E-state index contributed by atoms with van der Waals surface area (Å²) in [7, 11) is 0. The highest BCUT2D eigenvalue weighted by Gasteiger charge is 2.30. The minimum absolute atomic E-state index is 0.0292. The van der Waals surface area contributed by atoms with E-state index in [4.69, 9.17) is 23.2 Å². The molecule has 3 aromatic rings. The number of alkyl halides is 3. The van der Waals surface area contributed by atoms with Gasteiger partial charge in [0.1, 0.15) is 6.54 Å². The largest absolute Gasteiger partial charge is 0.416 e. The second kappa shape index (κ2) is 7.53. The minimum atomic E-state index is -4.48. The SMILES string of the molecule is O=C(Cn1nnc(-c2cccc(C(F)(F)F)c2)n1)Nc1ccc(Cl)cc1Cl. The predicted octanol–water partition coefficient (Wildman–Crippen LogP) is 4.30. The van der Waals surface area contributed by atoms with Gasteiger partial charge in [0.15, 0.2) is 0 Å². The zero-order chi connectivity index (χ0) is 19.6. The molecule has 0 radical (unpaired) electrons. The molecule has 1 amide bonds.